The van der Waals surface area contributed by atoms with Crippen LogP contribution in [0.15, 0.2) is 18.5 Å². The SMILES string of the molecule is C/C=C/Cc1c(I)ncn1S(=O)(=O)N(C)C. The van der Waals surface area contributed by atoms with Gasteiger partial charge in [0.25, 0.3) is 0 Å². The smallest absolute Gasteiger partial charge is 0.229 e. The summed E-state index contributed by atoms with van der Waals surface area (Å²) in [7, 11) is -0.465. The fraction of sp³-hybridized carbons (Fsp3) is 0.444. The first-order valence-corrected chi connectivity index (χ1v) is 7.14. The van der Waals surface area contributed by atoms with Crippen LogP contribution in [0.25, 0.3) is 0 Å². The van der Waals surface area contributed by atoms with Crippen molar-refractivity contribution in [3.05, 3.63) is 27.9 Å². The van der Waals surface area contributed by atoms with Crippen molar-refractivity contribution in [3.63, 3.8) is 0 Å². The van der Waals surface area contributed by atoms with Crippen LogP contribution in [0, 0.1) is 3.70 Å². The average molecular weight is 355 g/mol. The van der Waals surface area contributed by atoms with Gasteiger partial charge in [-0.2, -0.15) is 12.7 Å². The number of nitrogens with zero attached hydrogens (tertiary/aromatic N) is 3. The van der Waals surface area contributed by atoms with E-state index in [0.717, 1.165) is 0 Å². The summed E-state index contributed by atoms with van der Waals surface area (Å²) in [6, 6.07) is 0. The standard InChI is InChI=1S/C9H14IN3O2S/c1-4-5-6-8-9(10)11-7-13(8)16(14,15)12(2)3/h4-5,7H,6H2,1-3H3/b5-4+. The number of imidazole rings is 1. The van der Waals surface area contributed by atoms with E-state index in [1.807, 2.05) is 41.7 Å². The maximum Gasteiger partial charge on any atom is 0.308 e. The molecule has 0 spiro atoms. The van der Waals surface area contributed by atoms with E-state index < -0.39 is 10.2 Å². The highest BCUT2D eigenvalue weighted by Crippen LogP contribution is 2.15. The summed E-state index contributed by atoms with van der Waals surface area (Å²) in [5.41, 5.74) is 0.687. The van der Waals surface area contributed by atoms with Crippen LogP contribution in [0.4, 0.5) is 0 Å². The minimum Gasteiger partial charge on any atom is -0.229 e. The maximum atomic E-state index is 12.0. The predicted octanol–water partition coefficient (Wildman–Crippen LogP) is 1.26. The maximum absolute atomic E-state index is 12.0. The molecular formula is C9H14IN3O2S. The molecule has 1 rings (SSSR count). The lowest BCUT2D eigenvalue weighted by Crippen LogP contribution is -2.29. The van der Waals surface area contributed by atoms with E-state index in [-0.39, 0.29) is 0 Å². The summed E-state index contributed by atoms with van der Waals surface area (Å²) < 4.78 is 27.0. The lowest BCUT2D eigenvalue weighted by atomic mass is 10.3. The molecule has 0 aliphatic rings. The highest BCUT2D eigenvalue weighted by atomic mass is 127. The van der Waals surface area contributed by atoms with Crippen molar-refractivity contribution in [1.29, 1.82) is 0 Å². The molecule has 0 aliphatic heterocycles. The van der Waals surface area contributed by atoms with Crippen LogP contribution in [-0.2, 0) is 16.6 Å². The molecule has 0 radical (unpaired) electrons. The zero-order valence-electron chi connectivity index (χ0n) is 9.38. The highest BCUT2D eigenvalue weighted by molar-refractivity contribution is 14.1. The third-order valence-corrected chi connectivity index (χ3v) is 4.67. The molecule has 0 bridgehead atoms. The molecule has 0 N–H and O–H groups in total. The minimum atomic E-state index is -3.47. The molecule has 0 unspecified atom stereocenters. The Hall–Kier alpha value is -0.410. The minimum absolute atomic E-state index is 0.557. The fourth-order valence-electron chi connectivity index (χ4n) is 1.12. The molecule has 0 amide bonds. The fourth-order valence-corrected chi connectivity index (χ4v) is 2.84. The predicted molar refractivity (Wildman–Crippen MR) is 71.5 cm³/mol. The van der Waals surface area contributed by atoms with E-state index in [1.54, 1.807) is 0 Å². The molecule has 5 nitrogen and oxygen atoms in total. The second kappa shape index (κ2) is 5.28. The van der Waals surface area contributed by atoms with Crippen molar-refractivity contribution in [2.24, 2.45) is 0 Å². The van der Waals surface area contributed by atoms with E-state index in [2.05, 4.69) is 4.98 Å². The van der Waals surface area contributed by atoms with Gasteiger partial charge < -0.3 is 0 Å². The monoisotopic (exact) mass is 355 g/mol. The number of rotatable bonds is 4. The van der Waals surface area contributed by atoms with Gasteiger partial charge in [-0.25, -0.2) is 8.96 Å². The molecule has 1 heterocycles. The molecule has 0 atom stereocenters. The summed E-state index contributed by atoms with van der Waals surface area (Å²) in [5, 5.41) is 0. The van der Waals surface area contributed by atoms with E-state index in [9.17, 15) is 8.42 Å². The Bertz CT molecular complexity index is 491. The van der Waals surface area contributed by atoms with Crippen molar-refractivity contribution in [2.75, 3.05) is 14.1 Å². The molecule has 0 saturated carbocycles. The van der Waals surface area contributed by atoms with Crippen molar-refractivity contribution < 1.29 is 8.42 Å². The number of hydrogen-bond acceptors (Lipinski definition) is 3. The van der Waals surface area contributed by atoms with Gasteiger partial charge in [0.05, 0.1) is 5.69 Å². The van der Waals surface area contributed by atoms with Crippen LogP contribution in [0.2, 0.25) is 0 Å². The molecule has 0 aromatic carbocycles. The van der Waals surface area contributed by atoms with Crippen molar-refractivity contribution in [1.82, 2.24) is 13.3 Å². The zero-order valence-corrected chi connectivity index (χ0v) is 12.4. The normalized spacial score (nSPS) is 12.8. The van der Waals surface area contributed by atoms with Gasteiger partial charge in [0.2, 0.25) is 0 Å². The van der Waals surface area contributed by atoms with Gasteiger partial charge in [0.15, 0.2) is 0 Å². The number of halogens is 1. The molecule has 0 saturated heterocycles. The van der Waals surface area contributed by atoms with Crippen LogP contribution in [0.3, 0.4) is 0 Å². The van der Waals surface area contributed by atoms with Crippen molar-refractivity contribution >= 4 is 32.8 Å². The first kappa shape index (κ1) is 13.7. The molecule has 7 heteroatoms. The molecule has 16 heavy (non-hydrogen) atoms. The molecule has 0 aliphatic carbocycles. The molecule has 0 fully saturated rings. The van der Waals surface area contributed by atoms with Gasteiger partial charge in [-0.05, 0) is 29.5 Å². The number of allylic oxidation sites excluding steroid dienone is 2. The zero-order chi connectivity index (χ0) is 12.3. The first-order valence-electron chi connectivity index (χ1n) is 4.67. The quantitative estimate of drug-likeness (QED) is 0.604. The Labute approximate surface area is 109 Å². The van der Waals surface area contributed by atoms with Gasteiger partial charge in [-0.15, -0.1) is 0 Å². The van der Waals surface area contributed by atoms with Crippen LogP contribution >= 0.6 is 22.6 Å². The van der Waals surface area contributed by atoms with Gasteiger partial charge in [0.1, 0.15) is 10.0 Å². The van der Waals surface area contributed by atoms with Crippen molar-refractivity contribution in [3.8, 4) is 0 Å². The van der Waals surface area contributed by atoms with Gasteiger partial charge >= 0.3 is 10.2 Å². The van der Waals surface area contributed by atoms with Gasteiger partial charge in [-0.1, -0.05) is 12.2 Å². The number of hydrogen-bond donors (Lipinski definition) is 0. The van der Waals surface area contributed by atoms with Crippen LogP contribution in [0.1, 0.15) is 12.6 Å². The molecule has 1 aromatic heterocycles. The lowest BCUT2D eigenvalue weighted by molar-refractivity contribution is 0.509. The third-order valence-electron chi connectivity index (χ3n) is 2.04. The Morgan fingerprint density at radius 2 is 2.19 bits per heavy atom. The average Bonchev–Trinajstić information content (AvgIpc) is 2.57. The summed E-state index contributed by atoms with van der Waals surface area (Å²) in [6.45, 7) is 1.90. The molecule has 90 valence electrons. The van der Waals surface area contributed by atoms with Crippen LogP contribution in [0.5, 0.6) is 0 Å². The van der Waals surface area contributed by atoms with Crippen LogP contribution < -0.4 is 0 Å². The van der Waals surface area contributed by atoms with Gasteiger partial charge in [0, 0.05) is 20.5 Å². The molecular weight excluding hydrogens is 341 g/mol. The Kier molecular flexibility index (Phi) is 4.51. The Morgan fingerprint density at radius 1 is 1.56 bits per heavy atom. The van der Waals surface area contributed by atoms with E-state index in [4.69, 9.17) is 0 Å². The largest absolute Gasteiger partial charge is 0.308 e. The van der Waals surface area contributed by atoms with Gasteiger partial charge in [-0.3, -0.25) is 0 Å². The van der Waals surface area contributed by atoms with Crippen molar-refractivity contribution in [2.45, 2.75) is 13.3 Å². The van der Waals surface area contributed by atoms with E-state index in [1.165, 1.54) is 28.7 Å². The number of aromatic nitrogens is 2. The second-order valence-electron chi connectivity index (χ2n) is 3.34. The Balaban J connectivity index is 3.25. The third kappa shape index (κ3) is 2.64. The summed E-state index contributed by atoms with van der Waals surface area (Å²) in [5.74, 6) is 0. The highest BCUT2D eigenvalue weighted by Gasteiger charge is 2.21. The Morgan fingerprint density at radius 3 is 2.69 bits per heavy atom. The van der Waals surface area contributed by atoms with Crippen LogP contribution in [-0.4, -0.2) is 35.8 Å². The second-order valence-corrected chi connectivity index (χ2v) is 6.38. The summed E-state index contributed by atoms with van der Waals surface area (Å²) in [6.07, 6.45) is 5.69. The first-order chi connectivity index (χ1) is 7.41. The molecule has 1 aromatic rings. The lowest BCUT2D eigenvalue weighted by Gasteiger charge is -2.13. The summed E-state index contributed by atoms with van der Waals surface area (Å²) in [4.78, 5) is 4.03. The summed E-state index contributed by atoms with van der Waals surface area (Å²) >= 11 is 2.04. The van der Waals surface area contributed by atoms with E-state index in [0.29, 0.717) is 15.8 Å². The van der Waals surface area contributed by atoms with E-state index >= 15 is 0 Å². The topological polar surface area (TPSA) is 55.2 Å².